The Morgan fingerprint density at radius 3 is 2.75 bits per heavy atom. The van der Waals surface area contributed by atoms with Crippen LogP contribution in [0.1, 0.15) is 30.8 Å². The molecule has 2 aromatic rings. The van der Waals surface area contributed by atoms with Crippen LogP contribution in [-0.4, -0.2) is 35.1 Å². The van der Waals surface area contributed by atoms with E-state index in [1.165, 1.54) is 11.8 Å². The number of hydrogen-bond donors (Lipinski definition) is 2. The van der Waals surface area contributed by atoms with E-state index in [0.717, 1.165) is 6.07 Å². The Morgan fingerprint density at radius 2 is 2.00 bits per heavy atom. The largest absolute Gasteiger partial charge is 0.451 e. The van der Waals surface area contributed by atoms with E-state index in [0.29, 0.717) is 23.1 Å². The highest BCUT2D eigenvalue weighted by atomic mass is 32.2. The molecule has 1 aliphatic rings. The lowest BCUT2D eigenvalue weighted by atomic mass is 10.1. The highest BCUT2D eigenvalue weighted by molar-refractivity contribution is 8.00. The molecule has 0 radical (unpaired) electrons. The van der Waals surface area contributed by atoms with Gasteiger partial charge in [0, 0.05) is 6.07 Å². The second-order valence-electron chi connectivity index (χ2n) is 6.57. The molecule has 3 rings (SSSR count). The predicted octanol–water partition coefficient (Wildman–Crippen LogP) is 2.26. The number of ether oxygens (including phenoxy) is 1. The number of nitrogens with one attached hydrogen (secondary N) is 2. The molecule has 8 nitrogen and oxygen atoms in total. The Labute approximate surface area is 165 Å². The molecule has 1 saturated heterocycles. The summed E-state index contributed by atoms with van der Waals surface area (Å²) in [5.41, 5.74) is -0.0123. The third-order valence-corrected chi connectivity index (χ3v) is 5.41. The molecule has 1 aromatic heterocycles. The fourth-order valence-electron chi connectivity index (χ4n) is 2.85. The molecule has 148 valence electrons. The Kier molecular flexibility index (Phi) is 6.03. The van der Waals surface area contributed by atoms with Crippen LogP contribution >= 0.6 is 11.8 Å². The van der Waals surface area contributed by atoms with E-state index in [-0.39, 0.29) is 17.3 Å². The van der Waals surface area contributed by atoms with Crippen LogP contribution in [0.2, 0.25) is 0 Å². The number of carbonyl (C=O) groups is 3. The standard InChI is InChI=1S/C19H20N2O6S/c1-10(2)26-19(25)21-16(23)12-7-8-28-18(12)20-17(24)15-9-13(22)11-5-3-4-6-14(11)27-15/h3-6,9-10,12,18H,7-8H2,1-2H3,(H,20,24)(H,21,23,25). The van der Waals surface area contributed by atoms with Crippen molar-refractivity contribution in [1.82, 2.24) is 10.6 Å². The Balaban J connectivity index is 1.70. The predicted molar refractivity (Wildman–Crippen MR) is 104 cm³/mol. The highest BCUT2D eigenvalue weighted by Crippen LogP contribution is 2.31. The van der Waals surface area contributed by atoms with Crippen LogP contribution < -0.4 is 16.1 Å². The third-order valence-electron chi connectivity index (χ3n) is 4.13. The van der Waals surface area contributed by atoms with Gasteiger partial charge in [-0.05, 0) is 38.2 Å². The van der Waals surface area contributed by atoms with Gasteiger partial charge < -0.3 is 14.5 Å². The molecule has 1 fully saturated rings. The van der Waals surface area contributed by atoms with Crippen LogP contribution in [-0.2, 0) is 9.53 Å². The van der Waals surface area contributed by atoms with Gasteiger partial charge in [0.05, 0.1) is 22.8 Å². The molecule has 0 bridgehead atoms. The minimum atomic E-state index is -0.817. The van der Waals surface area contributed by atoms with Crippen LogP contribution in [0.4, 0.5) is 4.79 Å². The maximum Gasteiger partial charge on any atom is 0.414 e. The Morgan fingerprint density at radius 1 is 1.25 bits per heavy atom. The van der Waals surface area contributed by atoms with Gasteiger partial charge in [0.1, 0.15) is 5.58 Å². The van der Waals surface area contributed by atoms with Crippen molar-refractivity contribution in [1.29, 1.82) is 0 Å². The number of benzene rings is 1. The van der Waals surface area contributed by atoms with E-state index in [4.69, 9.17) is 9.15 Å². The summed E-state index contributed by atoms with van der Waals surface area (Å²) in [7, 11) is 0. The first-order valence-corrected chi connectivity index (χ1v) is 9.87. The van der Waals surface area contributed by atoms with Gasteiger partial charge in [-0.1, -0.05) is 12.1 Å². The van der Waals surface area contributed by atoms with Crippen LogP contribution in [0.3, 0.4) is 0 Å². The number of thioether (sulfide) groups is 1. The topological polar surface area (TPSA) is 115 Å². The molecule has 1 aromatic carbocycles. The molecular weight excluding hydrogens is 384 g/mol. The van der Waals surface area contributed by atoms with Crippen molar-refractivity contribution in [3.63, 3.8) is 0 Å². The number of rotatable bonds is 4. The van der Waals surface area contributed by atoms with Gasteiger partial charge in [-0.25, -0.2) is 4.79 Å². The fraction of sp³-hybridized carbons (Fsp3) is 0.368. The molecular formula is C19H20N2O6S. The maximum absolute atomic E-state index is 12.6. The Bertz CT molecular complexity index is 970. The SMILES string of the molecule is CC(C)OC(=O)NC(=O)C1CCSC1NC(=O)c1cc(=O)c2ccccc2o1. The lowest BCUT2D eigenvalue weighted by Crippen LogP contribution is -2.45. The smallest absolute Gasteiger partial charge is 0.414 e. The minimum absolute atomic E-state index is 0.130. The van der Waals surface area contributed by atoms with Gasteiger partial charge in [0.25, 0.3) is 5.91 Å². The van der Waals surface area contributed by atoms with Gasteiger partial charge in [-0.15, -0.1) is 11.8 Å². The summed E-state index contributed by atoms with van der Waals surface area (Å²) in [6.07, 6.45) is -0.669. The molecule has 0 aliphatic carbocycles. The summed E-state index contributed by atoms with van der Waals surface area (Å²) < 4.78 is 10.4. The molecule has 3 amide bonds. The molecule has 2 unspecified atom stereocenters. The third kappa shape index (κ3) is 4.53. The van der Waals surface area contributed by atoms with Gasteiger partial charge >= 0.3 is 6.09 Å². The lowest BCUT2D eigenvalue weighted by molar-refractivity contribution is -0.124. The van der Waals surface area contributed by atoms with Crippen molar-refractivity contribution in [2.75, 3.05) is 5.75 Å². The zero-order valence-corrected chi connectivity index (χ0v) is 16.2. The van der Waals surface area contributed by atoms with Crippen molar-refractivity contribution in [2.45, 2.75) is 31.7 Å². The van der Waals surface area contributed by atoms with Crippen molar-refractivity contribution in [2.24, 2.45) is 5.92 Å². The number of fused-ring (bicyclic) bond motifs is 1. The van der Waals surface area contributed by atoms with E-state index in [2.05, 4.69) is 10.6 Å². The first-order chi connectivity index (χ1) is 13.3. The van der Waals surface area contributed by atoms with E-state index in [9.17, 15) is 19.2 Å². The monoisotopic (exact) mass is 404 g/mol. The van der Waals surface area contributed by atoms with Crippen LogP contribution in [0.15, 0.2) is 39.5 Å². The van der Waals surface area contributed by atoms with Crippen LogP contribution in [0.5, 0.6) is 0 Å². The number of amides is 3. The van der Waals surface area contributed by atoms with Crippen molar-refractivity contribution in [3.05, 3.63) is 46.3 Å². The number of carbonyl (C=O) groups excluding carboxylic acids is 3. The maximum atomic E-state index is 12.6. The molecule has 2 atom stereocenters. The molecule has 2 N–H and O–H groups in total. The summed E-state index contributed by atoms with van der Waals surface area (Å²) in [6.45, 7) is 3.35. The van der Waals surface area contributed by atoms with Crippen LogP contribution in [0, 0.1) is 5.92 Å². The average molecular weight is 404 g/mol. The normalized spacial score (nSPS) is 18.8. The number of hydrogen-bond acceptors (Lipinski definition) is 7. The van der Waals surface area contributed by atoms with Gasteiger partial charge in [0.2, 0.25) is 5.91 Å². The van der Waals surface area contributed by atoms with Gasteiger partial charge in [-0.2, -0.15) is 0 Å². The quantitative estimate of drug-likeness (QED) is 0.803. The molecule has 28 heavy (non-hydrogen) atoms. The minimum Gasteiger partial charge on any atom is -0.451 e. The molecule has 1 aliphatic heterocycles. The van der Waals surface area contributed by atoms with Gasteiger partial charge in [0.15, 0.2) is 11.2 Å². The average Bonchev–Trinajstić information content (AvgIpc) is 3.09. The molecule has 9 heteroatoms. The summed E-state index contributed by atoms with van der Waals surface area (Å²) in [5.74, 6) is -1.19. The number of alkyl carbamates (subject to hydrolysis) is 1. The summed E-state index contributed by atoms with van der Waals surface area (Å²) >= 11 is 1.39. The first-order valence-electron chi connectivity index (χ1n) is 8.82. The van der Waals surface area contributed by atoms with Gasteiger partial charge in [-0.3, -0.25) is 19.7 Å². The number of para-hydroxylation sites is 1. The van der Waals surface area contributed by atoms with E-state index in [1.807, 2.05) is 0 Å². The molecule has 0 saturated carbocycles. The van der Waals surface area contributed by atoms with Crippen molar-refractivity contribution < 1.29 is 23.5 Å². The summed E-state index contributed by atoms with van der Waals surface area (Å²) in [5, 5.41) is 4.74. The van der Waals surface area contributed by atoms with Crippen LogP contribution in [0.25, 0.3) is 11.0 Å². The second kappa shape index (κ2) is 8.47. The van der Waals surface area contributed by atoms with Crippen molar-refractivity contribution >= 4 is 40.6 Å². The zero-order chi connectivity index (χ0) is 20.3. The summed E-state index contributed by atoms with van der Waals surface area (Å²) in [6, 6.07) is 7.77. The second-order valence-corrected chi connectivity index (χ2v) is 7.82. The molecule has 2 heterocycles. The van der Waals surface area contributed by atoms with E-state index in [1.54, 1.807) is 38.1 Å². The number of imide groups is 1. The zero-order valence-electron chi connectivity index (χ0n) is 15.4. The highest BCUT2D eigenvalue weighted by Gasteiger charge is 2.36. The fourth-order valence-corrected chi connectivity index (χ4v) is 4.18. The first kappa shape index (κ1) is 19.9. The van der Waals surface area contributed by atoms with E-state index >= 15 is 0 Å². The van der Waals surface area contributed by atoms with E-state index < -0.39 is 29.2 Å². The Hall–Kier alpha value is -2.81. The lowest BCUT2D eigenvalue weighted by Gasteiger charge is -2.19. The molecule has 0 spiro atoms. The summed E-state index contributed by atoms with van der Waals surface area (Å²) in [4.78, 5) is 48.7. The van der Waals surface area contributed by atoms with Crippen molar-refractivity contribution in [3.8, 4) is 0 Å².